The number of carbonyl (C=O) groups is 3. The molecular formula is C78H131NO8. The lowest BCUT2D eigenvalue weighted by atomic mass is 10.0. The summed E-state index contributed by atoms with van der Waals surface area (Å²) < 4.78 is 22.8. The monoisotopic (exact) mass is 1210 g/mol. The van der Waals surface area contributed by atoms with Gasteiger partial charge >= 0.3 is 11.9 Å². The van der Waals surface area contributed by atoms with Crippen LogP contribution in [0.1, 0.15) is 284 Å². The van der Waals surface area contributed by atoms with Crippen molar-refractivity contribution in [1.82, 2.24) is 0 Å². The van der Waals surface area contributed by atoms with Gasteiger partial charge in [-0.3, -0.25) is 9.59 Å². The fourth-order valence-corrected chi connectivity index (χ4v) is 9.57. The number of ether oxygens (including phenoxy) is 4. The molecule has 87 heavy (non-hydrogen) atoms. The van der Waals surface area contributed by atoms with Gasteiger partial charge in [-0.2, -0.15) is 0 Å². The second kappa shape index (κ2) is 67.4. The Kier molecular flexibility index (Phi) is 63.8. The average Bonchev–Trinajstić information content (AvgIpc) is 3.57. The number of aliphatic carboxylic acids is 1. The Morgan fingerprint density at radius 2 is 0.621 bits per heavy atom. The second-order valence-corrected chi connectivity index (χ2v) is 24.4. The fraction of sp³-hybridized carbons (Fsp3) is 0.679. The first kappa shape index (κ1) is 82.4. The van der Waals surface area contributed by atoms with E-state index in [1.165, 1.54) is 135 Å². The maximum absolute atomic E-state index is 12.9. The number of likely N-dealkylation sites (N-methyl/N-ethyl adjacent to an activating group) is 1. The molecule has 0 aromatic heterocycles. The van der Waals surface area contributed by atoms with E-state index in [1.807, 2.05) is 21.1 Å². The van der Waals surface area contributed by atoms with Crippen LogP contribution in [0, 0.1) is 0 Å². The van der Waals surface area contributed by atoms with Crippen molar-refractivity contribution < 1.29 is 42.9 Å². The third-order valence-corrected chi connectivity index (χ3v) is 14.9. The molecule has 0 spiro atoms. The summed E-state index contributed by atoms with van der Waals surface area (Å²) in [6.07, 6.45) is 93.8. The first-order valence-corrected chi connectivity index (χ1v) is 35.3. The molecule has 2 atom stereocenters. The molecule has 0 N–H and O–H groups in total. The van der Waals surface area contributed by atoms with Crippen molar-refractivity contribution in [3.8, 4) is 0 Å². The molecule has 2 unspecified atom stereocenters. The Labute approximate surface area is 535 Å². The van der Waals surface area contributed by atoms with E-state index in [9.17, 15) is 19.5 Å². The summed E-state index contributed by atoms with van der Waals surface area (Å²) >= 11 is 0. The Balaban J connectivity index is 4.13. The minimum Gasteiger partial charge on any atom is -0.545 e. The first-order valence-electron chi connectivity index (χ1n) is 35.3. The summed E-state index contributed by atoms with van der Waals surface area (Å²) in [5, 5.41) is 11.8. The first-order chi connectivity index (χ1) is 42.6. The van der Waals surface area contributed by atoms with Crippen molar-refractivity contribution in [1.29, 1.82) is 0 Å². The molecule has 0 saturated heterocycles. The summed E-state index contributed by atoms with van der Waals surface area (Å²) in [5.41, 5.74) is 0. The molecule has 0 aromatic carbocycles. The van der Waals surface area contributed by atoms with E-state index in [-0.39, 0.29) is 38.6 Å². The van der Waals surface area contributed by atoms with Crippen LogP contribution in [0.2, 0.25) is 0 Å². The molecule has 0 aliphatic heterocycles. The number of quaternary nitrogens is 1. The lowest BCUT2D eigenvalue weighted by Gasteiger charge is -2.26. The van der Waals surface area contributed by atoms with Gasteiger partial charge in [0.05, 0.1) is 40.3 Å². The summed E-state index contributed by atoms with van der Waals surface area (Å²) in [7, 11) is 5.93. The minimum absolute atomic E-state index is 0.142. The Hall–Kier alpha value is -4.57. The van der Waals surface area contributed by atoms with Gasteiger partial charge in [0.2, 0.25) is 0 Å². The lowest BCUT2D eigenvalue weighted by Crippen LogP contribution is -2.44. The SMILES string of the molecule is CC/C=C\C/C=C\C/C=C\C/C=C\C/C=C\C/C=C\CCCCCCCCCCCCC(=O)OC(COC(=O)CCCCCCCCCCCCCCCCCCC/C=C\C/C=C\C/C=C\C/C=C\C/C=C\CC)COC(OCC[N+](C)(C)C)C(=O)[O-]. The van der Waals surface area contributed by atoms with Crippen LogP contribution in [0.3, 0.4) is 0 Å². The van der Waals surface area contributed by atoms with E-state index in [0.29, 0.717) is 17.4 Å². The molecule has 0 aromatic rings. The van der Waals surface area contributed by atoms with E-state index in [4.69, 9.17) is 18.9 Å². The van der Waals surface area contributed by atoms with Crippen LogP contribution in [0.4, 0.5) is 0 Å². The molecule has 0 fully saturated rings. The van der Waals surface area contributed by atoms with Crippen LogP contribution in [0.15, 0.2) is 134 Å². The number of allylic oxidation sites excluding steroid dienone is 22. The highest BCUT2D eigenvalue weighted by Crippen LogP contribution is 2.17. The molecule has 0 rings (SSSR count). The van der Waals surface area contributed by atoms with Crippen molar-refractivity contribution in [2.45, 2.75) is 296 Å². The highest BCUT2D eigenvalue weighted by molar-refractivity contribution is 5.70. The number of carboxylic acid groups (broad SMARTS) is 1. The molecule has 0 bridgehead atoms. The normalized spacial score (nSPS) is 13.5. The van der Waals surface area contributed by atoms with Crippen LogP contribution in [0.5, 0.6) is 0 Å². The van der Waals surface area contributed by atoms with Crippen LogP contribution in [-0.4, -0.2) is 82.3 Å². The van der Waals surface area contributed by atoms with Gasteiger partial charge < -0.3 is 33.3 Å². The largest absolute Gasteiger partial charge is 0.545 e. The van der Waals surface area contributed by atoms with Crippen LogP contribution < -0.4 is 5.11 Å². The molecule has 496 valence electrons. The summed E-state index contributed by atoms with van der Waals surface area (Å²) in [4.78, 5) is 37.5. The third-order valence-electron chi connectivity index (χ3n) is 14.9. The predicted octanol–water partition coefficient (Wildman–Crippen LogP) is 20.8. The van der Waals surface area contributed by atoms with E-state index < -0.39 is 24.3 Å². The molecule has 0 radical (unpaired) electrons. The highest BCUT2D eigenvalue weighted by atomic mass is 16.7. The molecule has 0 saturated carbocycles. The van der Waals surface area contributed by atoms with Crippen molar-refractivity contribution in [3.63, 3.8) is 0 Å². The molecule has 0 aliphatic rings. The number of unbranched alkanes of at least 4 members (excludes halogenated alkanes) is 27. The van der Waals surface area contributed by atoms with Crippen LogP contribution in [-0.2, 0) is 33.3 Å². The van der Waals surface area contributed by atoms with E-state index in [1.54, 1.807) is 0 Å². The Morgan fingerprint density at radius 1 is 0.345 bits per heavy atom. The molecule has 0 aliphatic carbocycles. The topological polar surface area (TPSA) is 111 Å². The smallest absolute Gasteiger partial charge is 0.306 e. The molecule has 0 amide bonds. The summed E-state index contributed by atoms with van der Waals surface area (Å²) in [6.45, 7) is 4.53. The van der Waals surface area contributed by atoms with Gasteiger partial charge in [-0.25, -0.2) is 0 Å². The Morgan fingerprint density at radius 3 is 0.920 bits per heavy atom. The van der Waals surface area contributed by atoms with Gasteiger partial charge in [0.15, 0.2) is 12.4 Å². The number of carboxylic acids is 1. The van der Waals surface area contributed by atoms with Gasteiger partial charge in [0.25, 0.3) is 0 Å². The van der Waals surface area contributed by atoms with Crippen LogP contribution in [0.25, 0.3) is 0 Å². The summed E-state index contributed by atoms with van der Waals surface area (Å²) in [5.74, 6) is -2.29. The maximum atomic E-state index is 12.9. The number of carbonyl (C=O) groups excluding carboxylic acids is 3. The van der Waals surface area contributed by atoms with Gasteiger partial charge in [0, 0.05) is 12.8 Å². The number of hydrogen-bond donors (Lipinski definition) is 0. The maximum Gasteiger partial charge on any atom is 0.306 e. The molecular weight excluding hydrogens is 1080 g/mol. The minimum atomic E-state index is -1.63. The Bertz CT molecular complexity index is 1890. The van der Waals surface area contributed by atoms with Gasteiger partial charge in [-0.1, -0.05) is 295 Å². The van der Waals surface area contributed by atoms with Crippen molar-refractivity contribution in [3.05, 3.63) is 134 Å². The molecule has 9 heteroatoms. The number of hydrogen-bond acceptors (Lipinski definition) is 8. The van der Waals surface area contributed by atoms with Crippen molar-refractivity contribution >= 4 is 17.9 Å². The van der Waals surface area contributed by atoms with E-state index in [2.05, 4.69) is 148 Å². The fourth-order valence-electron chi connectivity index (χ4n) is 9.57. The summed E-state index contributed by atoms with van der Waals surface area (Å²) in [6, 6.07) is 0. The number of esters is 2. The zero-order valence-electron chi connectivity index (χ0n) is 56.6. The quantitative estimate of drug-likeness (QED) is 0.0195. The lowest BCUT2D eigenvalue weighted by molar-refractivity contribution is -0.870. The number of rotatable bonds is 64. The van der Waals surface area contributed by atoms with Crippen LogP contribution >= 0.6 is 0 Å². The highest BCUT2D eigenvalue weighted by Gasteiger charge is 2.22. The van der Waals surface area contributed by atoms with Crippen molar-refractivity contribution in [2.24, 2.45) is 0 Å². The zero-order valence-corrected chi connectivity index (χ0v) is 56.6. The predicted molar refractivity (Wildman–Crippen MR) is 370 cm³/mol. The number of nitrogens with zero attached hydrogens (tertiary/aromatic N) is 1. The van der Waals surface area contributed by atoms with E-state index >= 15 is 0 Å². The van der Waals surface area contributed by atoms with E-state index in [0.717, 1.165) is 116 Å². The second-order valence-electron chi connectivity index (χ2n) is 24.4. The van der Waals surface area contributed by atoms with Gasteiger partial charge in [-0.15, -0.1) is 0 Å². The van der Waals surface area contributed by atoms with Crippen molar-refractivity contribution in [2.75, 3.05) is 47.5 Å². The standard InChI is InChI=1S/C78H131NO8/c1-6-8-10-12-14-16-18-20-22-24-26-28-30-32-34-36-37-38-39-41-42-44-46-48-50-52-54-56-58-60-62-64-66-68-75(80)85-72-74(73-86-78(77(82)83)84-71-70-79(3,4)5)87-76(81)69-67-65-63-61-59-57-55-53-51-49-47-45-43-40-35-33-31-29-27-25-23-21-19-17-15-13-11-9-7-2/h8-11,14-17,20-23,26-29,32-35,43,45,74,78H,6-7,12-13,18-19,24-25,30-31,36-42,44,46-73H2,1-5H3/b10-8-,11-9-,16-14-,17-15-,22-20-,23-21-,28-26-,29-27-,34-32-,35-33-,45-43-. The molecule has 0 heterocycles. The zero-order chi connectivity index (χ0) is 63.3. The van der Waals surface area contributed by atoms with Gasteiger partial charge in [0.1, 0.15) is 13.2 Å². The third kappa shape index (κ3) is 68.8. The average molecular weight is 1210 g/mol. The van der Waals surface area contributed by atoms with Gasteiger partial charge in [-0.05, 0) is 109 Å². The molecule has 9 nitrogen and oxygen atoms in total.